The number of hydrogen-bond acceptors (Lipinski definition) is 2. The molecule has 0 radical (unpaired) electrons. The normalized spacial score (nSPS) is 29.0. The van der Waals surface area contributed by atoms with Crippen LogP contribution < -0.4 is 0 Å². The van der Waals surface area contributed by atoms with Crippen LogP contribution in [0.3, 0.4) is 0 Å². The van der Waals surface area contributed by atoms with Crippen LogP contribution >= 0.6 is 0 Å². The Balaban J connectivity index is 1.69. The molecule has 4 nitrogen and oxygen atoms in total. The SMILES string of the molecule is O=C(O)[C@@H]1CCCCN1C(=O)C1CC1c1ccccc1. The molecule has 0 spiro atoms. The summed E-state index contributed by atoms with van der Waals surface area (Å²) in [5.74, 6) is -0.571. The molecule has 1 saturated carbocycles. The summed E-state index contributed by atoms with van der Waals surface area (Å²) >= 11 is 0. The standard InChI is InChI=1S/C16H19NO3/c18-15(17-9-5-4-8-14(17)16(19)20)13-10-12(13)11-6-2-1-3-7-11/h1-3,6-7,12-14H,4-5,8-10H2,(H,19,20)/t12?,13?,14-/m0/s1. The molecule has 1 N–H and O–H groups in total. The first kappa shape index (κ1) is 13.2. The lowest BCUT2D eigenvalue weighted by Crippen LogP contribution is -2.48. The van der Waals surface area contributed by atoms with Gasteiger partial charge in [0.05, 0.1) is 0 Å². The Bertz CT molecular complexity index is 514. The van der Waals surface area contributed by atoms with Crippen LogP contribution in [0.2, 0.25) is 0 Å². The average molecular weight is 273 g/mol. The molecule has 0 bridgehead atoms. The van der Waals surface area contributed by atoms with E-state index in [1.54, 1.807) is 4.90 Å². The van der Waals surface area contributed by atoms with Crippen LogP contribution in [-0.4, -0.2) is 34.5 Å². The largest absolute Gasteiger partial charge is 0.480 e. The van der Waals surface area contributed by atoms with Gasteiger partial charge in [0.25, 0.3) is 0 Å². The summed E-state index contributed by atoms with van der Waals surface area (Å²) < 4.78 is 0. The van der Waals surface area contributed by atoms with Crippen LogP contribution in [0.4, 0.5) is 0 Å². The third kappa shape index (κ3) is 2.42. The smallest absolute Gasteiger partial charge is 0.326 e. The third-order valence-electron chi connectivity index (χ3n) is 4.41. The quantitative estimate of drug-likeness (QED) is 0.919. The number of carboxylic acid groups (broad SMARTS) is 1. The summed E-state index contributed by atoms with van der Waals surface area (Å²) in [5, 5.41) is 9.25. The minimum Gasteiger partial charge on any atom is -0.480 e. The van der Waals surface area contributed by atoms with Gasteiger partial charge in [0.15, 0.2) is 0 Å². The minimum atomic E-state index is -0.866. The van der Waals surface area contributed by atoms with Crippen molar-refractivity contribution in [2.45, 2.75) is 37.6 Å². The maximum atomic E-state index is 12.5. The third-order valence-corrected chi connectivity index (χ3v) is 4.41. The second-order valence-electron chi connectivity index (χ2n) is 5.74. The van der Waals surface area contributed by atoms with Crippen LogP contribution in [0.5, 0.6) is 0 Å². The molecular formula is C16H19NO3. The number of amides is 1. The first-order valence-electron chi connectivity index (χ1n) is 7.26. The van der Waals surface area contributed by atoms with Gasteiger partial charge < -0.3 is 10.0 Å². The van der Waals surface area contributed by atoms with Gasteiger partial charge in [-0.1, -0.05) is 30.3 Å². The minimum absolute atomic E-state index is 0.0163. The monoisotopic (exact) mass is 273 g/mol. The van der Waals surface area contributed by atoms with Gasteiger partial charge in [-0.2, -0.15) is 0 Å². The second-order valence-corrected chi connectivity index (χ2v) is 5.74. The molecule has 4 heteroatoms. The highest BCUT2D eigenvalue weighted by atomic mass is 16.4. The molecule has 1 aromatic carbocycles. The molecule has 2 aliphatic rings. The summed E-state index contributed by atoms with van der Waals surface area (Å²) in [5.41, 5.74) is 1.19. The van der Waals surface area contributed by atoms with Gasteiger partial charge in [0.1, 0.15) is 6.04 Å². The van der Waals surface area contributed by atoms with Crippen molar-refractivity contribution < 1.29 is 14.7 Å². The van der Waals surface area contributed by atoms with Crippen molar-refractivity contribution in [1.29, 1.82) is 0 Å². The van der Waals surface area contributed by atoms with Gasteiger partial charge in [-0.25, -0.2) is 4.79 Å². The number of benzene rings is 1. The number of hydrogen-bond donors (Lipinski definition) is 1. The molecule has 2 fully saturated rings. The number of carboxylic acids is 1. The molecule has 2 unspecified atom stereocenters. The molecule has 1 heterocycles. The Morgan fingerprint density at radius 1 is 1.15 bits per heavy atom. The van der Waals surface area contributed by atoms with Gasteiger partial charge >= 0.3 is 5.97 Å². The maximum absolute atomic E-state index is 12.5. The van der Waals surface area contributed by atoms with Crippen molar-refractivity contribution in [1.82, 2.24) is 4.90 Å². The molecule has 20 heavy (non-hydrogen) atoms. The molecular weight excluding hydrogens is 254 g/mol. The van der Waals surface area contributed by atoms with E-state index in [4.69, 9.17) is 0 Å². The van der Waals surface area contributed by atoms with Crippen LogP contribution in [0, 0.1) is 5.92 Å². The zero-order valence-corrected chi connectivity index (χ0v) is 11.4. The molecule has 1 aliphatic heterocycles. The highest BCUT2D eigenvalue weighted by molar-refractivity contribution is 5.87. The number of rotatable bonds is 3. The number of nitrogens with zero attached hydrogens (tertiary/aromatic N) is 1. The van der Waals surface area contributed by atoms with Crippen LogP contribution in [-0.2, 0) is 9.59 Å². The fraction of sp³-hybridized carbons (Fsp3) is 0.500. The number of likely N-dealkylation sites (tertiary alicyclic amines) is 1. The number of piperidine rings is 1. The van der Waals surface area contributed by atoms with Crippen LogP contribution in [0.1, 0.15) is 37.2 Å². The zero-order valence-electron chi connectivity index (χ0n) is 11.4. The van der Waals surface area contributed by atoms with E-state index in [2.05, 4.69) is 0 Å². The first-order valence-corrected chi connectivity index (χ1v) is 7.26. The van der Waals surface area contributed by atoms with E-state index in [9.17, 15) is 14.7 Å². The van der Waals surface area contributed by atoms with E-state index in [0.717, 1.165) is 19.3 Å². The van der Waals surface area contributed by atoms with Crippen LogP contribution in [0.15, 0.2) is 30.3 Å². The van der Waals surface area contributed by atoms with Crippen molar-refractivity contribution >= 4 is 11.9 Å². The Morgan fingerprint density at radius 2 is 1.90 bits per heavy atom. The lowest BCUT2D eigenvalue weighted by Gasteiger charge is -2.33. The predicted molar refractivity (Wildman–Crippen MR) is 74.3 cm³/mol. The van der Waals surface area contributed by atoms with Crippen molar-refractivity contribution in [2.24, 2.45) is 5.92 Å². The Labute approximate surface area is 118 Å². The van der Waals surface area contributed by atoms with Crippen molar-refractivity contribution in [3.63, 3.8) is 0 Å². The van der Waals surface area contributed by atoms with E-state index in [1.165, 1.54) is 5.56 Å². The highest BCUT2D eigenvalue weighted by Gasteiger charge is 2.47. The summed E-state index contributed by atoms with van der Waals surface area (Å²) in [4.78, 5) is 25.4. The first-order chi connectivity index (χ1) is 9.68. The maximum Gasteiger partial charge on any atom is 0.326 e. The van der Waals surface area contributed by atoms with E-state index in [1.807, 2.05) is 30.3 Å². The van der Waals surface area contributed by atoms with E-state index < -0.39 is 12.0 Å². The summed E-state index contributed by atoms with van der Waals surface area (Å²) in [7, 11) is 0. The van der Waals surface area contributed by atoms with Gasteiger partial charge in [-0.3, -0.25) is 4.79 Å². The van der Waals surface area contributed by atoms with Crippen molar-refractivity contribution in [3.05, 3.63) is 35.9 Å². The zero-order chi connectivity index (χ0) is 14.1. The fourth-order valence-corrected chi connectivity index (χ4v) is 3.20. The fourth-order valence-electron chi connectivity index (χ4n) is 3.20. The molecule has 3 rings (SSSR count). The van der Waals surface area contributed by atoms with E-state index >= 15 is 0 Å². The Morgan fingerprint density at radius 3 is 2.60 bits per heavy atom. The Kier molecular flexibility index (Phi) is 3.47. The predicted octanol–water partition coefficient (Wildman–Crippen LogP) is 2.26. The number of aliphatic carboxylic acids is 1. The summed E-state index contributed by atoms with van der Waals surface area (Å²) in [6.07, 6.45) is 3.25. The molecule has 0 aromatic heterocycles. The molecule has 1 aliphatic carbocycles. The molecule has 1 aromatic rings. The van der Waals surface area contributed by atoms with Crippen molar-refractivity contribution in [2.75, 3.05) is 6.54 Å². The van der Waals surface area contributed by atoms with Gasteiger partial charge in [0, 0.05) is 12.5 Å². The molecule has 106 valence electrons. The van der Waals surface area contributed by atoms with Crippen molar-refractivity contribution in [3.8, 4) is 0 Å². The van der Waals surface area contributed by atoms with E-state index in [0.29, 0.717) is 13.0 Å². The van der Waals surface area contributed by atoms with Crippen LogP contribution in [0.25, 0.3) is 0 Å². The lowest BCUT2D eigenvalue weighted by molar-refractivity contribution is -0.152. The number of carbonyl (C=O) groups excluding carboxylic acids is 1. The summed E-state index contributed by atoms with van der Waals surface area (Å²) in [6.45, 7) is 0.591. The molecule has 1 amide bonds. The van der Waals surface area contributed by atoms with Gasteiger partial charge in [0.2, 0.25) is 5.91 Å². The average Bonchev–Trinajstić information content (AvgIpc) is 3.28. The second kappa shape index (κ2) is 5.27. The molecule has 3 atom stereocenters. The van der Waals surface area contributed by atoms with Gasteiger partial charge in [-0.05, 0) is 37.2 Å². The highest BCUT2D eigenvalue weighted by Crippen LogP contribution is 2.48. The lowest BCUT2D eigenvalue weighted by atomic mass is 10.0. The van der Waals surface area contributed by atoms with E-state index in [-0.39, 0.29) is 17.7 Å². The Hall–Kier alpha value is -1.84. The number of carbonyl (C=O) groups is 2. The summed E-state index contributed by atoms with van der Waals surface area (Å²) in [6, 6.07) is 9.40. The van der Waals surface area contributed by atoms with Gasteiger partial charge in [-0.15, -0.1) is 0 Å². The molecule has 1 saturated heterocycles. The topological polar surface area (TPSA) is 57.6 Å².